The monoisotopic (exact) mass is 234 g/mol. The molecule has 1 fully saturated rings. The molecule has 1 heterocycles. The molecule has 1 aromatic rings. The van der Waals surface area contributed by atoms with Gasteiger partial charge in [-0.2, -0.15) is 0 Å². The van der Waals surface area contributed by atoms with Gasteiger partial charge in [0.25, 0.3) is 0 Å². The van der Waals surface area contributed by atoms with Crippen LogP contribution in [0.25, 0.3) is 0 Å². The Labute approximate surface area is 104 Å². The van der Waals surface area contributed by atoms with E-state index in [0.717, 1.165) is 18.4 Å². The Bertz CT molecular complexity index is 372. The van der Waals surface area contributed by atoms with E-state index in [0.29, 0.717) is 0 Å². The van der Waals surface area contributed by atoms with Crippen LogP contribution in [0.3, 0.4) is 0 Å². The van der Waals surface area contributed by atoms with E-state index in [4.69, 9.17) is 9.47 Å². The average molecular weight is 234 g/mol. The van der Waals surface area contributed by atoms with Crippen molar-refractivity contribution in [1.29, 1.82) is 0 Å². The largest absolute Gasteiger partial charge is 0.343 e. The molecular formula is C15H22O2. The SMILES string of the molecule is CC[C@]1(c2ccccc2)O[C@@H](C)CC(C)(C)O1. The van der Waals surface area contributed by atoms with Crippen LogP contribution < -0.4 is 0 Å². The maximum absolute atomic E-state index is 6.24. The van der Waals surface area contributed by atoms with Gasteiger partial charge in [-0.1, -0.05) is 37.3 Å². The van der Waals surface area contributed by atoms with Gasteiger partial charge in [-0.15, -0.1) is 0 Å². The van der Waals surface area contributed by atoms with Crippen molar-refractivity contribution in [3.63, 3.8) is 0 Å². The van der Waals surface area contributed by atoms with E-state index in [9.17, 15) is 0 Å². The zero-order valence-corrected chi connectivity index (χ0v) is 11.2. The van der Waals surface area contributed by atoms with Crippen molar-refractivity contribution in [1.82, 2.24) is 0 Å². The number of hydrogen-bond donors (Lipinski definition) is 0. The summed E-state index contributed by atoms with van der Waals surface area (Å²) in [5.41, 5.74) is 0.978. The second kappa shape index (κ2) is 4.43. The Hall–Kier alpha value is -0.860. The maximum Gasteiger partial charge on any atom is 0.195 e. The summed E-state index contributed by atoms with van der Waals surface area (Å²) < 4.78 is 12.4. The van der Waals surface area contributed by atoms with Crippen LogP contribution in [0.1, 0.15) is 46.1 Å². The zero-order chi connectivity index (χ0) is 12.5. The Balaban J connectivity index is 2.37. The summed E-state index contributed by atoms with van der Waals surface area (Å²) in [7, 11) is 0. The van der Waals surface area contributed by atoms with E-state index in [1.165, 1.54) is 0 Å². The Morgan fingerprint density at radius 2 is 1.88 bits per heavy atom. The third kappa shape index (κ3) is 2.53. The second-order valence-corrected chi connectivity index (χ2v) is 5.47. The number of rotatable bonds is 2. The first kappa shape index (κ1) is 12.6. The Kier molecular flexibility index (Phi) is 3.28. The third-order valence-electron chi connectivity index (χ3n) is 3.29. The summed E-state index contributed by atoms with van der Waals surface area (Å²) >= 11 is 0. The Morgan fingerprint density at radius 3 is 2.41 bits per heavy atom. The van der Waals surface area contributed by atoms with Crippen LogP contribution in [0, 0.1) is 0 Å². The average Bonchev–Trinajstić information content (AvgIpc) is 2.27. The van der Waals surface area contributed by atoms with Gasteiger partial charge in [0.1, 0.15) is 0 Å². The first-order valence-electron chi connectivity index (χ1n) is 6.41. The summed E-state index contributed by atoms with van der Waals surface area (Å²) in [6.45, 7) is 8.51. The topological polar surface area (TPSA) is 18.5 Å². The lowest BCUT2D eigenvalue weighted by atomic mass is 9.94. The van der Waals surface area contributed by atoms with Gasteiger partial charge in [0.2, 0.25) is 0 Å². The molecule has 0 saturated carbocycles. The van der Waals surface area contributed by atoms with Crippen LogP contribution >= 0.6 is 0 Å². The Morgan fingerprint density at radius 1 is 1.24 bits per heavy atom. The number of benzene rings is 1. The molecule has 1 aliphatic heterocycles. The van der Waals surface area contributed by atoms with Crippen LogP contribution in [0.5, 0.6) is 0 Å². The molecule has 2 atom stereocenters. The van der Waals surface area contributed by atoms with Crippen molar-refractivity contribution in [3.05, 3.63) is 35.9 Å². The summed E-state index contributed by atoms with van der Waals surface area (Å²) in [5.74, 6) is -0.581. The lowest BCUT2D eigenvalue weighted by molar-refractivity contribution is -0.350. The van der Waals surface area contributed by atoms with E-state index >= 15 is 0 Å². The molecule has 0 bridgehead atoms. The summed E-state index contributed by atoms with van der Waals surface area (Å²) in [5, 5.41) is 0. The van der Waals surface area contributed by atoms with E-state index in [-0.39, 0.29) is 11.7 Å². The molecule has 0 N–H and O–H groups in total. The molecule has 0 amide bonds. The summed E-state index contributed by atoms with van der Waals surface area (Å²) in [6.07, 6.45) is 1.98. The maximum atomic E-state index is 6.24. The van der Waals surface area contributed by atoms with Gasteiger partial charge < -0.3 is 9.47 Å². The van der Waals surface area contributed by atoms with Crippen LogP contribution in [0.2, 0.25) is 0 Å². The lowest BCUT2D eigenvalue weighted by Crippen LogP contribution is -2.49. The summed E-state index contributed by atoms with van der Waals surface area (Å²) in [4.78, 5) is 0. The van der Waals surface area contributed by atoms with Gasteiger partial charge in [0, 0.05) is 18.4 Å². The molecule has 1 saturated heterocycles. The van der Waals surface area contributed by atoms with Crippen LogP contribution in [0.4, 0.5) is 0 Å². The van der Waals surface area contributed by atoms with E-state index < -0.39 is 5.79 Å². The van der Waals surface area contributed by atoms with Crippen molar-refractivity contribution in [2.24, 2.45) is 0 Å². The molecular weight excluding hydrogens is 212 g/mol. The standard InChI is InChI=1S/C15H22O2/c1-5-15(13-9-7-6-8-10-13)16-12(2)11-14(3,4)17-15/h6-10,12H,5,11H2,1-4H3/t12-,15-/m0/s1. The quantitative estimate of drug-likeness (QED) is 0.773. The van der Waals surface area contributed by atoms with Crippen molar-refractivity contribution in [2.45, 2.75) is 58.0 Å². The zero-order valence-electron chi connectivity index (χ0n) is 11.2. The summed E-state index contributed by atoms with van der Waals surface area (Å²) in [6, 6.07) is 10.2. The minimum atomic E-state index is -0.581. The van der Waals surface area contributed by atoms with Crippen LogP contribution in [0.15, 0.2) is 30.3 Å². The molecule has 2 rings (SSSR count). The van der Waals surface area contributed by atoms with Crippen molar-refractivity contribution in [3.8, 4) is 0 Å². The molecule has 2 nitrogen and oxygen atoms in total. The predicted octanol–water partition coefficient (Wildman–Crippen LogP) is 3.85. The fourth-order valence-electron chi connectivity index (χ4n) is 2.75. The van der Waals surface area contributed by atoms with Crippen molar-refractivity contribution >= 4 is 0 Å². The lowest BCUT2D eigenvalue weighted by Gasteiger charge is -2.47. The molecule has 0 spiro atoms. The highest BCUT2D eigenvalue weighted by atomic mass is 16.7. The van der Waals surface area contributed by atoms with Gasteiger partial charge in [-0.05, 0) is 20.8 Å². The van der Waals surface area contributed by atoms with E-state index in [2.05, 4.69) is 39.8 Å². The molecule has 1 aromatic carbocycles. The van der Waals surface area contributed by atoms with Gasteiger partial charge in [0.05, 0.1) is 11.7 Å². The van der Waals surface area contributed by atoms with Gasteiger partial charge >= 0.3 is 0 Å². The van der Waals surface area contributed by atoms with Crippen LogP contribution in [-0.2, 0) is 15.3 Å². The number of ether oxygens (including phenoxy) is 2. The van der Waals surface area contributed by atoms with Gasteiger partial charge in [-0.25, -0.2) is 0 Å². The highest BCUT2D eigenvalue weighted by molar-refractivity contribution is 5.21. The number of hydrogen-bond acceptors (Lipinski definition) is 2. The third-order valence-corrected chi connectivity index (χ3v) is 3.29. The smallest absolute Gasteiger partial charge is 0.195 e. The van der Waals surface area contributed by atoms with Crippen molar-refractivity contribution in [2.75, 3.05) is 0 Å². The molecule has 17 heavy (non-hydrogen) atoms. The normalized spacial score (nSPS) is 32.4. The van der Waals surface area contributed by atoms with E-state index in [1.807, 2.05) is 18.2 Å². The first-order chi connectivity index (χ1) is 7.97. The molecule has 94 valence electrons. The highest BCUT2D eigenvalue weighted by Gasteiger charge is 2.44. The molecule has 1 aliphatic rings. The fraction of sp³-hybridized carbons (Fsp3) is 0.600. The fourth-order valence-corrected chi connectivity index (χ4v) is 2.75. The molecule has 0 aliphatic carbocycles. The molecule has 0 aromatic heterocycles. The van der Waals surface area contributed by atoms with Gasteiger partial charge in [-0.3, -0.25) is 0 Å². The predicted molar refractivity (Wildman–Crippen MR) is 68.7 cm³/mol. The van der Waals surface area contributed by atoms with Crippen molar-refractivity contribution < 1.29 is 9.47 Å². The minimum Gasteiger partial charge on any atom is -0.343 e. The highest BCUT2D eigenvalue weighted by Crippen LogP contribution is 2.42. The first-order valence-corrected chi connectivity index (χ1v) is 6.41. The second-order valence-electron chi connectivity index (χ2n) is 5.47. The molecule has 2 heteroatoms. The molecule has 0 unspecified atom stereocenters. The molecule has 0 radical (unpaired) electrons. The van der Waals surface area contributed by atoms with E-state index in [1.54, 1.807) is 0 Å². The van der Waals surface area contributed by atoms with Gasteiger partial charge in [0.15, 0.2) is 5.79 Å². The minimum absolute atomic E-state index is 0.135. The van der Waals surface area contributed by atoms with Crippen LogP contribution in [-0.4, -0.2) is 11.7 Å².